The molecule has 0 aliphatic heterocycles. The van der Waals surface area contributed by atoms with E-state index in [1.807, 2.05) is 12.1 Å². The Morgan fingerprint density at radius 1 is 0.794 bits per heavy atom. The summed E-state index contributed by atoms with van der Waals surface area (Å²) in [5.74, 6) is -1.78. The van der Waals surface area contributed by atoms with E-state index in [0.29, 0.717) is 29.9 Å². The monoisotopic (exact) mass is 461 g/mol. The number of nitrogens with one attached hydrogen (secondary N) is 1. The van der Waals surface area contributed by atoms with Crippen LogP contribution >= 0.6 is 0 Å². The fourth-order valence-electron chi connectivity index (χ4n) is 3.57. The summed E-state index contributed by atoms with van der Waals surface area (Å²) in [6.07, 6.45) is 3.14. The summed E-state index contributed by atoms with van der Waals surface area (Å²) in [6.45, 7) is 3.18. The van der Waals surface area contributed by atoms with Crippen LogP contribution in [0.3, 0.4) is 0 Å². The second-order valence-corrected chi connectivity index (χ2v) is 7.90. The van der Waals surface area contributed by atoms with Crippen molar-refractivity contribution in [3.8, 4) is 5.75 Å². The molecule has 0 aliphatic rings. The van der Waals surface area contributed by atoms with Crippen LogP contribution in [0.25, 0.3) is 0 Å². The molecule has 6 heteroatoms. The molecule has 0 heterocycles. The minimum atomic E-state index is -1.26. The second kappa shape index (κ2) is 14.3. The Bertz CT molecular complexity index is 978. The zero-order valence-corrected chi connectivity index (χ0v) is 19.2. The molecular formula is C28H31NO5. The van der Waals surface area contributed by atoms with Crippen molar-refractivity contribution in [3.05, 3.63) is 114 Å². The van der Waals surface area contributed by atoms with Gasteiger partial charge in [-0.25, -0.2) is 9.59 Å². The average Bonchev–Trinajstić information content (AvgIpc) is 2.83. The number of aliphatic carboxylic acids is 2. The summed E-state index contributed by atoms with van der Waals surface area (Å²) in [6, 6.07) is 29.4. The van der Waals surface area contributed by atoms with Gasteiger partial charge in [-0.3, -0.25) is 0 Å². The number of aromatic hydroxyl groups is 1. The van der Waals surface area contributed by atoms with Gasteiger partial charge in [-0.2, -0.15) is 0 Å². The van der Waals surface area contributed by atoms with Crippen molar-refractivity contribution in [2.75, 3.05) is 6.54 Å². The van der Waals surface area contributed by atoms with Gasteiger partial charge in [0.15, 0.2) is 0 Å². The molecule has 0 aromatic heterocycles. The highest BCUT2D eigenvalue weighted by Crippen LogP contribution is 2.27. The van der Waals surface area contributed by atoms with Crippen molar-refractivity contribution in [3.63, 3.8) is 0 Å². The molecule has 0 amide bonds. The molecule has 0 saturated heterocycles. The first-order chi connectivity index (χ1) is 16.3. The molecule has 3 aromatic carbocycles. The Morgan fingerprint density at radius 3 is 1.71 bits per heavy atom. The topological polar surface area (TPSA) is 107 Å². The number of carbonyl (C=O) groups is 2. The van der Waals surface area contributed by atoms with Crippen LogP contribution < -0.4 is 5.32 Å². The number of carboxylic acids is 2. The Morgan fingerprint density at radius 2 is 1.26 bits per heavy atom. The lowest BCUT2D eigenvalue weighted by molar-refractivity contribution is -0.134. The molecule has 3 rings (SSSR count). The van der Waals surface area contributed by atoms with Crippen LogP contribution in [0, 0.1) is 0 Å². The lowest BCUT2D eigenvalue weighted by atomic mass is 9.88. The molecule has 1 atom stereocenters. The highest BCUT2D eigenvalue weighted by molar-refractivity contribution is 5.89. The number of hydrogen-bond donors (Lipinski definition) is 4. The van der Waals surface area contributed by atoms with Crippen LogP contribution in [-0.2, 0) is 16.0 Å². The third-order valence-corrected chi connectivity index (χ3v) is 5.18. The van der Waals surface area contributed by atoms with Gasteiger partial charge in [-0.1, -0.05) is 72.8 Å². The van der Waals surface area contributed by atoms with Crippen molar-refractivity contribution < 1.29 is 24.9 Å². The minimum absolute atomic E-state index is 0.322. The predicted molar refractivity (Wildman–Crippen MR) is 133 cm³/mol. The van der Waals surface area contributed by atoms with Gasteiger partial charge in [0.25, 0.3) is 0 Å². The molecule has 1 unspecified atom stereocenters. The Labute approximate surface area is 200 Å². The van der Waals surface area contributed by atoms with Crippen LogP contribution in [-0.4, -0.2) is 39.8 Å². The van der Waals surface area contributed by atoms with Crippen molar-refractivity contribution in [2.24, 2.45) is 0 Å². The first kappa shape index (κ1) is 26.4. The van der Waals surface area contributed by atoms with Crippen LogP contribution in [0.15, 0.2) is 97.1 Å². The molecule has 34 heavy (non-hydrogen) atoms. The lowest BCUT2D eigenvalue weighted by Crippen LogP contribution is -2.30. The maximum absolute atomic E-state index is 9.55. The minimum Gasteiger partial charge on any atom is -0.508 e. The van der Waals surface area contributed by atoms with Crippen molar-refractivity contribution in [1.29, 1.82) is 0 Å². The molecular weight excluding hydrogens is 430 g/mol. The second-order valence-electron chi connectivity index (χ2n) is 7.90. The smallest absolute Gasteiger partial charge is 0.328 e. The Kier molecular flexibility index (Phi) is 11.1. The highest BCUT2D eigenvalue weighted by Gasteiger charge is 2.14. The lowest BCUT2D eigenvalue weighted by Gasteiger charge is -2.20. The van der Waals surface area contributed by atoms with Crippen molar-refractivity contribution in [2.45, 2.75) is 31.7 Å². The number of hydrogen-bond acceptors (Lipinski definition) is 4. The fourth-order valence-corrected chi connectivity index (χ4v) is 3.57. The van der Waals surface area contributed by atoms with Crippen LogP contribution in [0.4, 0.5) is 0 Å². The summed E-state index contributed by atoms with van der Waals surface area (Å²) in [5, 5.41) is 28.7. The van der Waals surface area contributed by atoms with E-state index in [1.165, 1.54) is 16.7 Å². The average molecular weight is 462 g/mol. The first-order valence-corrected chi connectivity index (χ1v) is 11.1. The number of rotatable bonds is 10. The molecule has 178 valence electrons. The molecule has 3 aromatic rings. The van der Waals surface area contributed by atoms with Crippen molar-refractivity contribution >= 4 is 11.9 Å². The van der Waals surface area contributed by atoms with E-state index in [1.54, 1.807) is 12.1 Å². The molecule has 0 fully saturated rings. The SMILES string of the molecule is CC(Cc1ccc(O)cc1)NCCC(c1ccccc1)c1ccccc1.O=C(O)C=CC(=O)O. The van der Waals surface area contributed by atoms with Gasteiger partial charge in [0.05, 0.1) is 0 Å². The molecule has 6 nitrogen and oxygen atoms in total. The van der Waals surface area contributed by atoms with Gasteiger partial charge >= 0.3 is 11.9 Å². The standard InChI is InChI=1S/C24H27NO.C4H4O4/c1-19(18-20-12-14-23(26)15-13-20)25-17-16-24(21-8-4-2-5-9-21)22-10-6-3-7-11-22;5-3(6)1-2-4(7)8/h2-15,19,24-26H,16-18H2,1H3;1-2H,(H,5,6)(H,7,8). The Hall–Kier alpha value is -3.90. The number of phenols is 1. The third-order valence-electron chi connectivity index (χ3n) is 5.18. The normalized spacial score (nSPS) is 11.6. The van der Waals surface area contributed by atoms with E-state index >= 15 is 0 Å². The maximum atomic E-state index is 9.55. The van der Waals surface area contributed by atoms with E-state index < -0.39 is 11.9 Å². The fraction of sp³-hybridized carbons (Fsp3) is 0.214. The quantitative estimate of drug-likeness (QED) is 0.322. The van der Waals surface area contributed by atoms with E-state index in [2.05, 4.69) is 72.9 Å². The Balaban J connectivity index is 0.000000440. The summed E-state index contributed by atoms with van der Waals surface area (Å²) >= 11 is 0. The summed E-state index contributed by atoms with van der Waals surface area (Å²) in [4.78, 5) is 19.1. The summed E-state index contributed by atoms with van der Waals surface area (Å²) in [7, 11) is 0. The van der Waals surface area contributed by atoms with Gasteiger partial charge < -0.3 is 20.6 Å². The van der Waals surface area contributed by atoms with Crippen LogP contribution in [0.1, 0.15) is 36.0 Å². The van der Waals surface area contributed by atoms with Gasteiger partial charge in [0.2, 0.25) is 0 Å². The van der Waals surface area contributed by atoms with Crippen LogP contribution in [0.5, 0.6) is 5.75 Å². The van der Waals surface area contributed by atoms with Crippen LogP contribution in [0.2, 0.25) is 0 Å². The van der Waals surface area contributed by atoms with E-state index in [-0.39, 0.29) is 0 Å². The number of benzene rings is 3. The zero-order chi connectivity index (χ0) is 24.8. The largest absolute Gasteiger partial charge is 0.508 e. The predicted octanol–water partition coefficient (Wildman–Crippen LogP) is 4.85. The highest BCUT2D eigenvalue weighted by atomic mass is 16.4. The van der Waals surface area contributed by atoms with Crippen molar-refractivity contribution in [1.82, 2.24) is 5.32 Å². The van der Waals surface area contributed by atoms with Gasteiger partial charge in [-0.05, 0) is 55.1 Å². The van der Waals surface area contributed by atoms with Gasteiger partial charge in [-0.15, -0.1) is 0 Å². The number of phenolic OH excluding ortho intramolecular Hbond substituents is 1. The molecule has 0 radical (unpaired) electrons. The van der Waals surface area contributed by atoms with E-state index in [0.717, 1.165) is 19.4 Å². The number of carboxylic acid groups (broad SMARTS) is 2. The molecule has 0 aliphatic carbocycles. The molecule has 0 spiro atoms. The molecule has 4 N–H and O–H groups in total. The first-order valence-electron chi connectivity index (χ1n) is 11.1. The van der Waals surface area contributed by atoms with E-state index in [9.17, 15) is 14.7 Å². The summed E-state index contributed by atoms with van der Waals surface area (Å²) < 4.78 is 0. The van der Waals surface area contributed by atoms with Gasteiger partial charge in [0, 0.05) is 24.1 Å². The molecule has 0 saturated carbocycles. The molecule has 0 bridgehead atoms. The summed E-state index contributed by atoms with van der Waals surface area (Å²) in [5.41, 5.74) is 3.98. The maximum Gasteiger partial charge on any atom is 0.328 e. The third kappa shape index (κ3) is 10.1. The van der Waals surface area contributed by atoms with E-state index in [4.69, 9.17) is 10.2 Å². The zero-order valence-electron chi connectivity index (χ0n) is 19.2. The van der Waals surface area contributed by atoms with Gasteiger partial charge in [0.1, 0.15) is 5.75 Å².